The van der Waals surface area contributed by atoms with Crippen LogP contribution in [0.2, 0.25) is 0 Å². The van der Waals surface area contributed by atoms with Gasteiger partial charge in [0.1, 0.15) is 0 Å². The lowest BCUT2D eigenvalue weighted by atomic mass is 10.0. The highest BCUT2D eigenvalue weighted by molar-refractivity contribution is 4.80. The average molecular weight is 240 g/mol. The van der Waals surface area contributed by atoms with Gasteiger partial charge >= 0.3 is 0 Å². The van der Waals surface area contributed by atoms with Crippen molar-refractivity contribution < 1.29 is 0 Å². The molecule has 2 heteroatoms. The Kier molecular flexibility index (Phi) is 7.87. The predicted octanol–water partition coefficient (Wildman–Crippen LogP) is 3.28. The summed E-state index contributed by atoms with van der Waals surface area (Å²) in [7, 11) is 0. The second kappa shape index (κ2) is 8.93. The van der Waals surface area contributed by atoms with Gasteiger partial charge in [-0.15, -0.1) is 0 Å². The molecule has 1 rings (SSSR count). The molecule has 0 bridgehead atoms. The van der Waals surface area contributed by atoms with E-state index in [0.29, 0.717) is 0 Å². The van der Waals surface area contributed by atoms with Crippen molar-refractivity contribution in [3.63, 3.8) is 0 Å². The van der Waals surface area contributed by atoms with Crippen LogP contribution in [-0.2, 0) is 0 Å². The van der Waals surface area contributed by atoms with Crippen molar-refractivity contribution in [2.45, 2.75) is 65.3 Å². The summed E-state index contributed by atoms with van der Waals surface area (Å²) in [6.07, 6.45) is 8.27. The average Bonchev–Trinajstić information content (AvgIpc) is 2.81. The molecule has 0 spiro atoms. The Balaban J connectivity index is 2.12. The molecular weight excluding hydrogens is 208 g/mol. The molecule has 1 unspecified atom stereocenters. The lowest BCUT2D eigenvalue weighted by Crippen LogP contribution is -2.44. The fourth-order valence-corrected chi connectivity index (χ4v) is 2.79. The monoisotopic (exact) mass is 240 g/mol. The van der Waals surface area contributed by atoms with E-state index in [1.165, 1.54) is 64.7 Å². The van der Waals surface area contributed by atoms with E-state index in [9.17, 15) is 0 Å². The molecule has 1 saturated heterocycles. The van der Waals surface area contributed by atoms with E-state index in [1.54, 1.807) is 0 Å². The number of nitrogens with one attached hydrogen (secondary N) is 1. The zero-order chi connectivity index (χ0) is 12.5. The Hall–Kier alpha value is -0.0800. The van der Waals surface area contributed by atoms with Gasteiger partial charge < -0.3 is 5.32 Å². The van der Waals surface area contributed by atoms with Crippen molar-refractivity contribution in [3.05, 3.63) is 0 Å². The summed E-state index contributed by atoms with van der Waals surface area (Å²) in [5.41, 5.74) is 0. The van der Waals surface area contributed by atoms with Gasteiger partial charge in [-0.05, 0) is 44.8 Å². The minimum Gasteiger partial charge on any atom is -0.315 e. The van der Waals surface area contributed by atoms with Crippen LogP contribution in [0.5, 0.6) is 0 Å². The second-order valence-corrected chi connectivity index (χ2v) is 5.82. The van der Waals surface area contributed by atoms with Gasteiger partial charge in [0.2, 0.25) is 0 Å². The number of unbranched alkanes of at least 4 members (excludes halogenated alkanes) is 3. The molecule has 1 N–H and O–H groups in total. The molecule has 0 amide bonds. The highest BCUT2D eigenvalue weighted by atomic mass is 15.2. The Morgan fingerprint density at radius 2 is 1.76 bits per heavy atom. The number of nitrogens with zero attached hydrogens (tertiary/aromatic N) is 1. The maximum absolute atomic E-state index is 3.66. The van der Waals surface area contributed by atoms with Crippen LogP contribution in [0, 0.1) is 5.92 Å². The molecule has 0 aromatic carbocycles. The van der Waals surface area contributed by atoms with Crippen molar-refractivity contribution >= 4 is 0 Å². The van der Waals surface area contributed by atoms with E-state index in [4.69, 9.17) is 0 Å². The standard InChI is InChI=1S/C15H32N2/c1-4-5-6-7-10-16-13-15(14(2)3)17-11-8-9-12-17/h14-16H,4-13H2,1-3H3. The fourth-order valence-electron chi connectivity index (χ4n) is 2.79. The molecule has 0 aliphatic carbocycles. The molecule has 0 aromatic heterocycles. The molecule has 0 saturated carbocycles. The quantitative estimate of drug-likeness (QED) is 0.622. The van der Waals surface area contributed by atoms with Gasteiger partial charge in [-0.1, -0.05) is 40.0 Å². The first kappa shape index (κ1) is 15.0. The van der Waals surface area contributed by atoms with Crippen LogP contribution in [0.3, 0.4) is 0 Å². The Morgan fingerprint density at radius 3 is 2.35 bits per heavy atom. The maximum atomic E-state index is 3.66. The third kappa shape index (κ3) is 5.87. The molecular formula is C15H32N2. The summed E-state index contributed by atoms with van der Waals surface area (Å²) < 4.78 is 0. The van der Waals surface area contributed by atoms with E-state index in [1.807, 2.05) is 0 Å². The van der Waals surface area contributed by atoms with Crippen LogP contribution < -0.4 is 5.32 Å². The summed E-state index contributed by atoms with van der Waals surface area (Å²) >= 11 is 0. The molecule has 1 atom stereocenters. The number of likely N-dealkylation sites (tertiary alicyclic amines) is 1. The molecule has 1 fully saturated rings. The van der Waals surface area contributed by atoms with E-state index in [2.05, 4.69) is 31.0 Å². The van der Waals surface area contributed by atoms with Crippen LogP contribution in [-0.4, -0.2) is 37.1 Å². The maximum Gasteiger partial charge on any atom is 0.0243 e. The molecule has 1 aliphatic rings. The lowest BCUT2D eigenvalue weighted by molar-refractivity contribution is 0.186. The summed E-state index contributed by atoms with van der Waals surface area (Å²) in [5.74, 6) is 0.774. The minimum atomic E-state index is 0.753. The first-order chi connectivity index (χ1) is 8.25. The van der Waals surface area contributed by atoms with Gasteiger partial charge in [0.25, 0.3) is 0 Å². The normalized spacial score (nSPS) is 19.1. The third-order valence-electron chi connectivity index (χ3n) is 3.94. The van der Waals surface area contributed by atoms with Crippen LogP contribution in [0.25, 0.3) is 0 Å². The minimum absolute atomic E-state index is 0.753. The lowest BCUT2D eigenvalue weighted by Gasteiger charge is -2.31. The first-order valence-corrected chi connectivity index (χ1v) is 7.70. The highest BCUT2D eigenvalue weighted by Crippen LogP contribution is 2.17. The molecule has 0 radical (unpaired) electrons. The largest absolute Gasteiger partial charge is 0.315 e. The molecule has 1 aliphatic heterocycles. The second-order valence-electron chi connectivity index (χ2n) is 5.82. The number of hydrogen-bond donors (Lipinski definition) is 1. The SMILES string of the molecule is CCCCCCNCC(C(C)C)N1CCCC1. The van der Waals surface area contributed by atoms with Gasteiger partial charge in [-0.3, -0.25) is 4.90 Å². The fraction of sp³-hybridized carbons (Fsp3) is 1.00. The molecule has 1 heterocycles. The smallest absolute Gasteiger partial charge is 0.0243 e. The van der Waals surface area contributed by atoms with E-state index < -0.39 is 0 Å². The van der Waals surface area contributed by atoms with E-state index in [0.717, 1.165) is 12.0 Å². The van der Waals surface area contributed by atoms with Crippen molar-refractivity contribution in [1.29, 1.82) is 0 Å². The zero-order valence-corrected chi connectivity index (χ0v) is 12.2. The van der Waals surface area contributed by atoms with Crippen molar-refractivity contribution in [3.8, 4) is 0 Å². The van der Waals surface area contributed by atoms with Gasteiger partial charge in [0, 0.05) is 12.6 Å². The summed E-state index contributed by atoms with van der Waals surface area (Å²) in [4.78, 5) is 2.68. The topological polar surface area (TPSA) is 15.3 Å². The van der Waals surface area contributed by atoms with Gasteiger partial charge in [0.05, 0.1) is 0 Å². The zero-order valence-electron chi connectivity index (χ0n) is 12.2. The Morgan fingerprint density at radius 1 is 1.06 bits per heavy atom. The van der Waals surface area contributed by atoms with Crippen molar-refractivity contribution in [2.75, 3.05) is 26.2 Å². The summed E-state index contributed by atoms with van der Waals surface area (Å²) in [5, 5.41) is 3.66. The van der Waals surface area contributed by atoms with Crippen LogP contribution in [0.1, 0.15) is 59.3 Å². The molecule has 17 heavy (non-hydrogen) atoms. The van der Waals surface area contributed by atoms with Crippen molar-refractivity contribution in [2.24, 2.45) is 5.92 Å². The molecule has 2 nitrogen and oxygen atoms in total. The molecule has 102 valence electrons. The number of hydrogen-bond acceptors (Lipinski definition) is 2. The van der Waals surface area contributed by atoms with E-state index >= 15 is 0 Å². The highest BCUT2D eigenvalue weighted by Gasteiger charge is 2.23. The third-order valence-corrected chi connectivity index (χ3v) is 3.94. The summed E-state index contributed by atoms with van der Waals surface area (Å²) in [6, 6.07) is 0.753. The number of rotatable bonds is 9. The van der Waals surface area contributed by atoms with Crippen LogP contribution in [0.15, 0.2) is 0 Å². The van der Waals surface area contributed by atoms with Gasteiger partial charge in [-0.25, -0.2) is 0 Å². The van der Waals surface area contributed by atoms with Crippen LogP contribution in [0.4, 0.5) is 0 Å². The van der Waals surface area contributed by atoms with Gasteiger partial charge in [0.15, 0.2) is 0 Å². The first-order valence-electron chi connectivity index (χ1n) is 7.70. The van der Waals surface area contributed by atoms with E-state index in [-0.39, 0.29) is 0 Å². The Bertz CT molecular complexity index is 174. The van der Waals surface area contributed by atoms with Gasteiger partial charge in [-0.2, -0.15) is 0 Å². The van der Waals surface area contributed by atoms with Crippen molar-refractivity contribution in [1.82, 2.24) is 10.2 Å². The summed E-state index contributed by atoms with van der Waals surface area (Å²) in [6.45, 7) is 12.0. The predicted molar refractivity (Wildman–Crippen MR) is 76.4 cm³/mol. The van der Waals surface area contributed by atoms with Crippen LogP contribution >= 0.6 is 0 Å². The Labute approximate surface area is 108 Å². The molecule has 0 aromatic rings.